The maximum Gasteiger partial charge on any atom is 0.407 e. The van der Waals surface area contributed by atoms with Gasteiger partial charge in [-0.05, 0) is 49.7 Å². The zero-order valence-electron chi connectivity index (χ0n) is 22.4. The van der Waals surface area contributed by atoms with Crippen LogP contribution in [0, 0.1) is 0 Å². The molecule has 2 aliphatic rings. The third-order valence-electron chi connectivity index (χ3n) is 7.65. The van der Waals surface area contributed by atoms with E-state index in [0.717, 1.165) is 38.0 Å². The summed E-state index contributed by atoms with van der Waals surface area (Å²) in [5.41, 5.74) is 1.48. The van der Waals surface area contributed by atoms with Crippen molar-refractivity contribution in [2.45, 2.75) is 63.6 Å². The highest BCUT2D eigenvalue weighted by atomic mass is 16.5. The number of piperazine rings is 1. The number of carbonyl (C=O) groups excluding carboxylic acids is 3. The number of alkyl carbamates (subject to hydrolysis) is 1. The number of hydrogen-bond donors (Lipinski definition) is 2. The van der Waals surface area contributed by atoms with Crippen LogP contribution >= 0.6 is 0 Å². The molecule has 2 aromatic carbocycles. The van der Waals surface area contributed by atoms with Gasteiger partial charge in [0, 0.05) is 32.7 Å². The van der Waals surface area contributed by atoms with Crippen LogP contribution in [-0.2, 0) is 27.4 Å². The number of likely N-dealkylation sites (tertiary alicyclic amines) is 1. The van der Waals surface area contributed by atoms with Crippen molar-refractivity contribution < 1.29 is 19.1 Å². The maximum atomic E-state index is 13.5. The van der Waals surface area contributed by atoms with Gasteiger partial charge in [0.1, 0.15) is 18.2 Å². The smallest absolute Gasteiger partial charge is 0.407 e. The fourth-order valence-corrected chi connectivity index (χ4v) is 5.47. The second-order valence-corrected chi connectivity index (χ2v) is 10.3. The maximum absolute atomic E-state index is 13.5. The molecule has 2 aromatic rings. The van der Waals surface area contributed by atoms with Crippen LogP contribution in [0.1, 0.15) is 50.2 Å². The lowest BCUT2D eigenvalue weighted by Gasteiger charge is -2.51. The summed E-state index contributed by atoms with van der Waals surface area (Å²) < 4.78 is 5.23. The molecular weight excluding hydrogens is 480 g/mol. The number of nitrogens with zero attached hydrogens (tertiary/aromatic N) is 2. The van der Waals surface area contributed by atoms with Gasteiger partial charge >= 0.3 is 6.09 Å². The molecule has 0 aromatic heterocycles. The first kappa shape index (κ1) is 27.6. The van der Waals surface area contributed by atoms with Gasteiger partial charge in [-0.1, -0.05) is 67.6 Å². The van der Waals surface area contributed by atoms with E-state index in [0.29, 0.717) is 38.8 Å². The minimum absolute atomic E-state index is 0.00385. The predicted octanol–water partition coefficient (Wildman–Crippen LogP) is 3.51. The number of amides is 3. The predicted molar refractivity (Wildman–Crippen MR) is 146 cm³/mol. The molecule has 8 nitrogen and oxygen atoms in total. The molecule has 1 spiro atoms. The van der Waals surface area contributed by atoms with E-state index >= 15 is 0 Å². The van der Waals surface area contributed by atoms with Crippen LogP contribution in [0.5, 0.6) is 0 Å². The van der Waals surface area contributed by atoms with Gasteiger partial charge in [-0.15, -0.1) is 0 Å². The first-order valence-electron chi connectivity index (χ1n) is 13.8. The Bertz CT molecular complexity index is 1050. The summed E-state index contributed by atoms with van der Waals surface area (Å²) in [5.74, 6) is -0.0377. The molecule has 2 saturated heterocycles. The molecule has 204 valence electrons. The minimum Gasteiger partial charge on any atom is -0.445 e. The van der Waals surface area contributed by atoms with E-state index in [1.165, 1.54) is 5.56 Å². The molecule has 1 atom stereocenters. The van der Waals surface area contributed by atoms with Crippen molar-refractivity contribution in [1.29, 1.82) is 0 Å². The van der Waals surface area contributed by atoms with E-state index in [9.17, 15) is 14.4 Å². The molecule has 38 heavy (non-hydrogen) atoms. The third-order valence-corrected chi connectivity index (χ3v) is 7.65. The van der Waals surface area contributed by atoms with Gasteiger partial charge in [0.25, 0.3) is 0 Å². The molecular formula is C30H40N4O4. The largest absolute Gasteiger partial charge is 0.445 e. The van der Waals surface area contributed by atoms with Crippen molar-refractivity contribution in [3.8, 4) is 0 Å². The topological polar surface area (TPSA) is 91.0 Å². The van der Waals surface area contributed by atoms with E-state index in [-0.39, 0.29) is 18.4 Å². The van der Waals surface area contributed by atoms with E-state index in [2.05, 4.69) is 39.8 Å². The lowest BCUT2D eigenvalue weighted by atomic mass is 9.81. The second kappa shape index (κ2) is 13.4. The molecule has 2 aliphatic heterocycles. The normalized spacial score (nSPS) is 19.3. The Balaban J connectivity index is 1.24. The summed E-state index contributed by atoms with van der Waals surface area (Å²) in [4.78, 5) is 43.2. The average molecular weight is 521 g/mol. The molecule has 0 saturated carbocycles. The summed E-state index contributed by atoms with van der Waals surface area (Å²) in [7, 11) is 0. The number of ether oxygens (including phenoxy) is 1. The standard InChI is InChI=1S/C30H40N4O4/c1-2-19-34-27(35)26(14-9-18-31-29(37)38-23-25-12-7-4-8-13-25)32-28(36)30(34)16-21-33(22-17-30)20-15-24-10-5-3-6-11-24/h3-8,10-13,26H,2,9,14-23H2,1H3,(H,31,37)(H,32,36)/t26-/m0/s1. The van der Waals surface area contributed by atoms with Crippen LogP contribution in [0.3, 0.4) is 0 Å². The number of piperidine rings is 1. The summed E-state index contributed by atoms with van der Waals surface area (Å²) in [6.07, 6.45) is 3.65. The highest BCUT2D eigenvalue weighted by Gasteiger charge is 2.52. The van der Waals surface area contributed by atoms with Crippen LogP contribution in [-0.4, -0.2) is 72.0 Å². The van der Waals surface area contributed by atoms with Crippen molar-refractivity contribution in [2.75, 3.05) is 32.7 Å². The average Bonchev–Trinajstić information content (AvgIpc) is 2.95. The van der Waals surface area contributed by atoms with Crippen LogP contribution in [0.2, 0.25) is 0 Å². The summed E-state index contributed by atoms with van der Waals surface area (Å²) >= 11 is 0. The number of carbonyl (C=O) groups is 3. The van der Waals surface area contributed by atoms with Gasteiger partial charge in [0.05, 0.1) is 0 Å². The second-order valence-electron chi connectivity index (χ2n) is 10.3. The molecule has 0 bridgehead atoms. The first-order valence-corrected chi connectivity index (χ1v) is 13.8. The molecule has 3 amide bonds. The van der Waals surface area contributed by atoms with Gasteiger partial charge in [-0.3, -0.25) is 9.59 Å². The molecule has 4 rings (SSSR count). The third kappa shape index (κ3) is 6.92. The Kier molecular flexibility index (Phi) is 9.76. The van der Waals surface area contributed by atoms with Crippen LogP contribution in [0.15, 0.2) is 60.7 Å². The lowest BCUT2D eigenvalue weighted by molar-refractivity contribution is -0.161. The minimum atomic E-state index is -0.758. The van der Waals surface area contributed by atoms with Gasteiger partial charge in [-0.25, -0.2) is 4.79 Å². The van der Waals surface area contributed by atoms with Crippen molar-refractivity contribution in [3.63, 3.8) is 0 Å². The van der Waals surface area contributed by atoms with Crippen molar-refractivity contribution in [1.82, 2.24) is 20.4 Å². The fourth-order valence-electron chi connectivity index (χ4n) is 5.47. The van der Waals surface area contributed by atoms with Crippen LogP contribution < -0.4 is 10.6 Å². The molecule has 2 N–H and O–H groups in total. The van der Waals surface area contributed by atoms with Gasteiger partial charge < -0.3 is 25.2 Å². The summed E-state index contributed by atoms with van der Waals surface area (Å²) in [5, 5.41) is 5.77. The summed E-state index contributed by atoms with van der Waals surface area (Å²) in [6.45, 7) is 5.76. The number of benzene rings is 2. The highest BCUT2D eigenvalue weighted by molar-refractivity contribution is 6.00. The fraction of sp³-hybridized carbons (Fsp3) is 0.500. The number of rotatable bonds is 11. The monoisotopic (exact) mass is 520 g/mol. The number of hydrogen-bond acceptors (Lipinski definition) is 5. The molecule has 0 radical (unpaired) electrons. The first-order chi connectivity index (χ1) is 18.5. The lowest BCUT2D eigenvalue weighted by Crippen LogP contribution is -2.72. The van der Waals surface area contributed by atoms with Gasteiger partial charge in [0.15, 0.2) is 0 Å². The number of nitrogens with one attached hydrogen (secondary N) is 2. The molecule has 0 aliphatic carbocycles. The molecule has 2 heterocycles. The molecule has 8 heteroatoms. The van der Waals surface area contributed by atoms with Gasteiger partial charge in [-0.2, -0.15) is 0 Å². The van der Waals surface area contributed by atoms with E-state index < -0.39 is 17.7 Å². The highest BCUT2D eigenvalue weighted by Crippen LogP contribution is 2.33. The Morgan fingerprint density at radius 3 is 2.32 bits per heavy atom. The molecule has 2 fully saturated rings. The summed E-state index contributed by atoms with van der Waals surface area (Å²) in [6, 6.07) is 19.4. The zero-order valence-corrected chi connectivity index (χ0v) is 22.4. The van der Waals surface area contributed by atoms with Crippen molar-refractivity contribution >= 4 is 17.9 Å². The van der Waals surface area contributed by atoms with Crippen molar-refractivity contribution in [2.24, 2.45) is 0 Å². The van der Waals surface area contributed by atoms with E-state index in [4.69, 9.17) is 4.74 Å². The Morgan fingerprint density at radius 2 is 1.66 bits per heavy atom. The Morgan fingerprint density at radius 1 is 1.00 bits per heavy atom. The van der Waals surface area contributed by atoms with Crippen LogP contribution in [0.4, 0.5) is 4.79 Å². The quantitative estimate of drug-likeness (QED) is 0.443. The molecule has 0 unspecified atom stereocenters. The Labute approximate surface area is 225 Å². The SMILES string of the molecule is CCCN1C(=O)[C@H](CCCNC(=O)OCc2ccccc2)NC(=O)C12CCN(CCc1ccccc1)CC2. The van der Waals surface area contributed by atoms with Gasteiger partial charge in [0.2, 0.25) is 11.8 Å². The van der Waals surface area contributed by atoms with Crippen molar-refractivity contribution in [3.05, 3.63) is 71.8 Å². The van der Waals surface area contributed by atoms with E-state index in [1.807, 2.05) is 48.2 Å². The Hall–Kier alpha value is -3.39. The van der Waals surface area contributed by atoms with Crippen LogP contribution in [0.25, 0.3) is 0 Å². The van der Waals surface area contributed by atoms with E-state index in [1.54, 1.807) is 0 Å². The zero-order chi connectivity index (χ0) is 26.8.